The topological polar surface area (TPSA) is 38.8 Å². The van der Waals surface area contributed by atoms with Crippen molar-refractivity contribution in [3.63, 3.8) is 0 Å². The molecule has 0 unspecified atom stereocenters. The van der Waals surface area contributed by atoms with Gasteiger partial charge in [0.1, 0.15) is 5.60 Å². The van der Waals surface area contributed by atoms with Crippen molar-refractivity contribution in [3.8, 4) is 0 Å². The third-order valence-corrected chi connectivity index (χ3v) is 11.3. The maximum absolute atomic E-state index is 12.6. The van der Waals surface area contributed by atoms with Crippen LogP contribution in [0.3, 0.4) is 0 Å². The van der Waals surface area contributed by atoms with Gasteiger partial charge in [-0.15, -0.1) is 0 Å². The van der Waals surface area contributed by atoms with Gasteiger partial charge in [0.05, 0.1) is 23.9 Å². The summed E-state index contributed by atoms with van der Waals surface area (Å²) in [6.45, 7) is 18.0. The Morgan fingerprint density at radius 2 is 1.83 bits per heavy atom. The van der Waals surface area contributed by atoms with Crippen LogP contribution in [0.15, 0.2) is 53.9 Å². The molecule has 3 rings (SSSR count). The fourth-order valence-electron chi connectivity index (χ4n) is 3.95. The Bertz CT molecular complexity index is 849. The van der Waals surface area contributed by atoms with Gasteiger partial charge >= 0.3 is 5.97 Å². The van der Waals surface area contributed by atoms with E-state index in [2.05, 4.69) is 82.2 Å². The first kappa shape index (κ1) is 22.8. The van der Waals surface area contributed by atoms with Crippen molar-refractivity contribution >= 4 is 14.3 Å². The van der Waals surface area contributed by atoms with E-state index in [1.807, 2.05) is 19.9 Å². The fraction of sp³-hybridized carbons (Fsp3) is 0.560. The molecule has 0 saturated carbocycles. The molecule has 1 aromatic carbocycles. The number of carbonyl (C=O) groups is 1. The second-order valence-corrected chi connectivity index (χ2v) is 15.4. The highest BCUT2D eigenvalue weighted by Crippen LogP contribution is 2.43. The minimum atomic E-state index is -1.91. The number of carbonyl (C=O) groups excluding carboxylic acids is 1. The van der Waals surface area contributed by atoms with Gasteiger partial charge in [-0.3, -0.25) is 0 Å². The van der Waals surface area contributed by atoms with Gasteiger partial charge in [0.15, 0.2) is 8.32 Å². The Hall–Kier alpha value is -1.85. The number of allylic oxidation sites excluding steroid dienone is 1. The molecule has 2 aliphatic rings. The van der Waals surface area contributed by atoms with E-state index in [1.165, 1.54) is 5.56 Å². The zero-order valence-electron chi connectivity index (χ0n) is 19.8. The van der Waals surface area contributed by atoms with Crippen LogP contribution in [0.2, 0.25) is 18.1 Å². The molecule has 2 atom stereocenters. The van der Waals surface area contributed by atoms with E-state index < -0.39 is 13.9 Å². The number of ether oxygens (including phenoxy) is 1. The Labute approximate surface area is 183 Å². The van der Waals surface area contributed by atoms with Crippen molar-refractivity contribution in [2.45, 2.75) is 77.7 Å². The molecule has 1 aromatic rings. The summed E-state index contributed by atoms with van der Waals surface area (Å²) >= 11 is 0. The molecular weight excluding hydrogens is 390 g/mol. The normalized spacial score (nSPS) is 22.2. The maximum atomic E-state index is 12.6. The molecule has 0 aliphatic carbocycles. The van der Waals surface area contributed by atoms with Gasteiger partial charge in [-0.1, -0.05) is 64.1 Å². The lowest BCUT2D eigenvalue weighted by molar-refractivity contribution is -0.145. The molecule has 5 heteroatoms. The van der Waals surface area contributed by atoms with Crippen LogP contribution in [0.1, 0.15) is 47.1 Å². The second-order valence-electron chi connectivity index (χ2n) is 10.6. The number of benzene rings is 1. The molecule has 4 nitrogen and oxygen atoms in total. The quantitative estimate of drug-likeness (QED) is 0.433. The molecule has 2 heterocycles. The van der Waals surface area contributed by atoms with Crippen LogP contribution in [0.4, 0.5) is 0 Å². The smallest absolute Gasteiger partial charge is 0.337 e. The van der Waals surface area contributed by atoms with E-state index in [0.717, 1.165) is 17.7 Å². The number of hydrogen-bond acceptors (Lipinski definition) is 4. The highest BCUT2D eigenvalue weighted by Gasteiger charge is 2.47. The molecule has 0 saturated heterocycles. The van der Waals surface area contributed by atoms with Gasteiger partial charge in [0.2, 0.25) is 0 Å². The monoisotopic (exact) mass is 427 g/mol. The first-order chi connectivity index (χ1) is 13.8. The standard InChI is InChI=1S/C25H37NO3Si/c1-18-14-15-26(22-21(18)23(27)29-25(22,5)6)20(16-19-12-10-9-11-13-19)17-28-30(7,8)24(2,3)4/h9-15,18,20H,16-17H2,1-8H3/t18-,20+/m0/s1. The summed E-state index contributed by atoms with van der Waals surface area (Å²) in [5.74, 6) is -0.134. The van der Waals surface area contributed by atoms with Gasteiger partial charge in [-0.05, 0) is 44.0 Å². The summed E-state index contributed by atoms with van der Waals surface area (Å²) in [5, 5.41) is 0.146. The molecular formula is C25H37NO3Si. The molecule has 0 bridgehead atoms. The van der Waals surface area contributed by atoms with Crippen molar-refractivity contribution < 1.29 is 14.0 Å². The van der Waals surface area contributed by atoms with Gasteiger partial charge in [-0.25, -0.2) is 4.79 Å². The minimum absolute atomic E-state index is 0.0595. The van der Waals surface area contributed by atoms with Crippen LogP contribution in [0, 0.1) is 5.92 Å². The maximum Gasteiger partial charge on any atom is 0.337 e. The summed E-state index contributed by atoms with van der Waals surface area (Å²) in [6.07, 6.45) is 5.08. The summed E-state index contributed by atoms with van der Waals surface area (Å²) < 4.78 is 12.4. The summed E-state index contributed by atoms with van der Waals surface area (Å²) in [7, 11) is -1.91. The van der Waals surface area contributed by atoms with Crippen molar-refractivity contribution in [3.05, 3.63) is 59.4 Å². The number of hydrogen-bond donors (Lipinski definition) is 0. The SMILES string of the molecule is C[C@H]1C=CN([C@@H](CO[Si](C)(C)C(C)(C)C)Cc2ccccc2)C2=C1C(=O)OC2(C)C. The molecule has 2 aliphatic heterocycles. The van der Waals surface area contributed by atoms with Crippen LogP contribution < -0.4 is 0 Å². The molecule has 30 heavy (non-hydrogen) atoms. The van der Waals surface area contributed by atoms with Crippen LogP contribution in [0.5, 0.6) is 0 Å². The van der Waals surface area contributed by atoms with E-state index in [0.29, 0.717) is 6.61 Å². The molecule has 0 aromatic heterocycles. The lowest BCUT2D eigenvalue weighted by Crippen LogP contribution is -2.48. The Kier molecular flexibility index (Phi) is 6.09. The van der Waals surface area contributed by atoms with Gasteiger partial charge in [0.25, 0.3) is 0 Å². The predicted octanol–water partition coefficient (Wildman–Crippen LogP) is 5.67. The molecule has 0 radical (unpaired) electrons. The number of nitrogens with zero attached hydrogens (tertiary/aromatic N) is 1. The number of esters is 1. The zero-order chi connectivity index (χ0) is 22.3. The van der Waals surface area contributed by atoms with E-state index >= 15 is 0 Å². The third kappa shape index (κ3) is 4.42. The highest BCUT2D eigenvalue weighted by atomic mass is 28.4. The van der Waals surface area contributed by atoms with Gasteiger partial charge < -0.3 is 14.1 Å². The lowest BCUT2D eigenvalue weighted by Gasteiger charge is -2.42. The summed E-state index contributed by atoms with van der Waals surface area (Å²) in [4.78, 5) is 14.9. The predicted molar refractivity (Wildman–Crippen MR) is 124 cm³/mol. The highest BCUT2D eigenvalue weighted by molar-refractivity contribution is 6.74. The third-order valence-electron chi connectivity index (χ3n) is 6.79. The molecule has 0 spiro atoms. The van der Waals surface area contributed by atoms with Crippen molar-refractivity contribution in [2.75, 3.05) is 6.61 Å². The lowest BCUT2D eigenvalue weighted by atomic mass is 9.89. The average Bonchev–Trinajstić information content (AvgIpc) is 2.89. The Morgan fingerprint density at radius 1 is 1.20 bits per heavy atom. The Balaban J connectivity index is 1.96. The first-order valence-corrected chi connectivity index (χ1v) is 13.9. The largest absolute Gasteiger partial charge is 0.450 e. The zero-order valence-corrected chi connectivity index (χ0v) is 20.8. The van der Waals surface area contributed by atoms with Crippen LogP contribution in [-0.2, 0) is 20.4 Å². The van der Waals surface area contributed by atoms with E-state index in [1.54, 1.807) is 0 Å². The van der Waals surface area contributed by atoms with Gasteiger partial charge in [0, 0.05) is 12.1 Å². The second kappa shape index (κ2) is 8.01. The van der Waals surface area contributed by atoms with Crippen LogP contribution in [-0.4, -0.2) is 37.4 Å². The summed E-state index contributed by atoms with van der Waals surface area (Å²) in [5.41, 5.74) is 2.39. The average molecular weight is 428 g/mol. The molecule has 0 N–H and O–H groups in total. The molecule has 0 amide bonds. The van der Waals surface area contributed by atoms with E-state index in [4.69, 9.17) is 9.16 Å². The van der Waals surface area contributed by atoms with Crippen LogP contribution in [0.25, 0.3) is 0 Å². The van der Waals surface area contributed by atoms with Gasteiger partial charge in [-0.2, -0.15) is 0 Å². The van der Waals surface area contributed by atoms with Crippen molar-refractivity contribution in [1.82, 2.24) is 4.90 Å². The Morgan fingerprint density at radius 3 is 2.43 bits per heavy atom. The van der Waals surface area contributed by atoms with Crippen molar-refractivity contribution in [2.24, 2.45) is 5.92 Å². The number of rotatable bonds is 6. The van der Waals surface area contributed by atoms with Crippen LogP contribution >= 0.6 is 0 Å². The first-order valence-electron chi connectivity index (χ1n) is 11.0. The minimum Gasteiger partial charge on any atom is -0.450 e. The number of cyclic esters (lactones) is 1. The summed E-state index contributed by atoms with van der Waals surface area (Å²) in [6, 6.07) is 10.6. The fourth-order valence-corrected chi connectivity index (χ4v) is 4.99. The molecule has 164 valence electrons. The van der Waals surface area contributed by atoms with E-state index in [-0.39, 0.29) is 23.0 Å². The molecule has 0 fully saturated rings. The van der Waals surface area contributed by atoms with E-state index in [9.17, 15) is 4.79 Å². The van der Waals surface area contributed by atoms with Crippen molar-refractivity contribution in [1.29, 1.82) is 0 Å².